The number of hydrogen-bond acceptors (Lipinski definition) is 10. The van der Waals surface area contributed by atoms with Gasteiger partial charge in [0.25, 0.3) is 0 Å². The lowest BCUT2D eigenvalue weighted by atomic mass is 9.83. The van der Waals surface area contributed by atoms with E-state index >= 15 is 0 Å². The number of piperidine rings is 4. The molecule has 4 saturated heterocycles. The Labute approximate surface area is 355 Å². The molecule has 8 rings (SSSR count). The minimum absolute atomic E-state index is 0.142. The minimum Gasteiger partial charge on any atom is -0.352 e. The predicted octanol–water partition coefficient (Wildman–Crippen LogP) is 5.48. The standard InChI is InChI=1S/2C24H31N5O/c2*1-17-12-19(21-6-5-18(13-25)24-22(21)4-3-9-26-24)15-29(14-17)16-23(30)27-20-7-10-28(2)11-8-20/h2*3-6,9,17,19-20H,7-8,10-12,14-16H2,1-2H3,(H,27,30)/t17-,19+;17-,19-/m11/s1. The van der Waals surface area contributed by atoms with E-state index in [-0.39, 0.29) is 11.8 Å². The van der Waals surface area contributed by atoms with E-state index < -0.39 is 0 Å². The Balaban J connectivity index is 0.000000181. The van der Waals surface area contributed by atoms with E-state index in [1.807, 2.05) is 24.3 Å². The van der Waals surface area contributed by atoms with Crippen LogP contribution >= 0.6 is 0 Å². The molecule has 4 aliphatic heterocycles. The second-order valence-corrected chi connectivity index (χ2v) is 18.2. The summed E-state index contributed by atoms with van der Waals surface area (Å²) in [6.07, 6.45) is 9.80. The first-order valence-corrected chi connectivity index (χ1v) is 22.0. The molecule has 0 radical (unpaired) electrons. The molecule has 0 bridgehead atoms. The van der Waals surface area contributed by atoms with Crippen LogP contribution in [0.5, 0.6) is 0 Å². The number of likely N-dealkylation sites (tertiary alicyclic amines) is 4. The van der Waals surface area contributed by atoms with Crippen molar-refractivity contribution in [2.45, 2.75) is 76.3 Å². The zero-order chi connectivity index (χ0) is 42.2. The van der Waals surface area contributed by atoms with Crippen LogP contribution in [0.25, 0.3) is 21.8 Å². The van der Waals surface area contributed by atoms with Crippen LogP contribution in [0.1, 0.15) is 86.5 Å². The molecule has 2 aromatic carbocycles. The van der Waals surface area contributed by atoms with Crippen LogP contribution in [0.15, 0.2) is 60.9 Å². The maximum Gasteiger partial charge on any atom is 0.234 e. The SMILES string of the molecule is C[C@@H]1C[C@@H](c2ccc(C#N)c3ncccc23)CN(CC(=O)NC2CCN(C)CC2)C1.C[C@@H]1C[C@H](c2ccc(C#N)c3ncccc23)CN(CC(=O)NC2CCN(C)CC2)C1. The molecule has 316 valence electrons. The number of fused-ring (bicyclic) bond motifs is 2. The van der Waals surface area contributed by atoms with Crippen molar-refractivity contribution in [1.29, 1.82) is 10.5 Å². The highest BCUT2D eigenvalue weighted by Crippen LogP contribution is 2.36. The van der Waals surface area contributed by atoms with Crippen molar-refractivity contribution in [1.82, 2.24) is 40.2 Å². The summed E-state index contributed by atoms with van der Waals surface area (Å²) < 4.78 is 0. The Bertz CT molecular complexity index is 2040. The molecular formula is C48H62N10O2. The molecule has 6 heterocycles. The molecule has 0 unspecified atom stereocenters. The van der Waals surface area contributed by atoms with Gasteiger partial charge < -0.3 is 20.4 Å². The molecule has 0 spiro atoms. The van der Waals surface area contributed by atoms with Gasteiger partial charge in [-0.25, -0.2) is 0 Å². The van der Waals surface area contributed by atoms with Crippen molar-refractivity contribution in [2.24, 2.45) is 11.8 Å². The third kappa shape index (κ3) is 10.8. The van der Waals surface area contributed by atoms with Crippen LogP contribution < -0.4 is 10.6 Å². The molecule has 4 atom stereocenters. The van der Waals surface area contributed by atoms with Gasteiger partial charge in [-0.05, 0) is 138 Å². The fourth-order valence-electron chi connectivity index (χ4n) is 10.2. The molecule has 4 fully saturated rings. The summed E-state index contributed by atoms with van der Waals surface area (Å²) in [5, 5.41) is 27.5. The third-order valence-electron chi connectivity index (χ3n) is 13.1. The van der Waals surface area contributed by atoms with Crippen LogP contribution in [0.3, 0.4) is 0 Å². The largest absolute Gasteiger partial charge is 0.352 e. The van der Waals surface area contributed by atoms with Gasteiger partial charge in [0.05, 0.1) is 35.2 Å². The molecule has 60 heavy (non-hydrogen) atoms. The zero-order valence-corrected chi connectivity index (χ0v) is 35.9. The fourth-order valence-corrected chi connectivity index (χ4v) is 10.2. The maximum atomic E-state index is 12.7. The van der Waals surface area contributed by atoms with Crippen LogP contribution in [0.4, 0.5) is 0 Å². The van der Waals surface area contributed by atoms with E-state index in [1.165, 1.54) is 11.1 Å². The summed E-state index contributed by atoms with van der Waals surface area (Å²) in [6, 6.07) is 21.1. The monoisotopic (exact) mass is 811 g/mol. The van der Waals surface area contributed by atoms with Crippen LogP contribution in [0.2, 0.25) is 0 Å². The van der Waals surface area contributed by atoms with Gasteiger partial charge in [-0.3, -0.25) is 29.4 Å². The van der Waals surface area contributed by atoms with Crippen molar-refractivity contribution in [3.05, 3.63) is 83.2 Å². The summed E-state index contributed by atoms with van der Waals surface area (Å²) in [6.45, 7) is 13.3. The van der Waals surface area contributed by atoms with Crippen molar-refractivity contribution < 1.29 is 9.59 Å². The van der Waals surface area contributed by atoms with E-state index in [0.29, 0.717) is 60.0 Å². The summed E-state index contributed by atoms with van der Waals surface area (Å²) in [7, 11) is 4.27. The van der Waals surface area contributed by atoms with Crippen molar-refractivity contribution in [3.63, 3.8) is 0 Å². The quantitative estimate of drug-likeness (QED) is 0.235. The molecule has 2 N–H and O–H groups in total. The highest BCUT2D eigenvalue weighted by Gasteiger charge is 2.31. The Morgan fingerprint density at radius 1 is 0.633 bits per heavy atom. The Kier molecular flexibility index (Phi) is 14.4. The van der Waals surface area contributed by atoms with Gasteiger partial charge in [0.15, 0.2) is 0 Å². The molecule has 4 aromatic rings. The zero-order valence-electron chi connectivity index (χ0n) is 35.9. The van der Waals surface area contributed by atoms with Gasteiger partial charge in [-0.15, -0.1) is 0 Å². The highest BCUT2D eigenvalue weighted by molar-refractivity contribution is 5.88. The molecule has 4 aliphatic rings. The van der Waals surface area contributed by atoms with Gasteiger partial charge in [0, 0.05) is 61.4 Å². The van der Waals surface area contributed by atoms with Crippen molar-refractivity contribution in [2.75, 3.05) is 79.5 Å². The van der Waals surface area contributed by atoms with E-state index in [2.05, 4.69) is 105 Å². The smallest absolute Gasteiger partial charge is 0.234 e. The Morgan fingerprint density at radius 3 is 1.42 bits per heavy atom. The van der Waals surface area contributed by atoms with Crippen LogP contribution in [-0.2, 0) is 9.59 Å². The number of nitriles is 2. The number of nitrogens with one attached hydrogen (secondary N) is 2. The average Bonchev–Trinajstić information content (AvgIpc) is 3.24. The predicted molar refractivity (Wildman–Crippen MR) is 236 cm³/mol. The van der Waals surface area contributed by atoms with Gasteiger partial charge in [-0.2, -0.15) is 10.5 Å². The topological polar surface area (TPSA) is 145 Å². The molecule has 2 aromatic heterocycles. The lowest BCUT2D eigenvalue weighted by Crippen LogP contribution is -2.49. The number of amides is 2. The Morgan fingerprint density at radius 2 is 1.03 bits per heavy atom. The minimum atomic E-state index is 0.142. The lowest BCUT2D eigenvalue weighted by Gasteiger charge is -2.37. The van der Waals surface area contributed by atoms with Gasteiger partial charge >= 0.3 is 0 Å². The number of aromatic nitrogens is 2. The van der Waals surface area contributed by atoms with E-state index in [9.17, 15) is 20.1 Å². The molecule has 2 amide bonds. The summed E-state index contributed by atoms with van der Waals surface area (Å²) in [5.41, 5.74) is 5.28. The molecule has 0 saturated carbocycles. The first kappa shape index (κ1) is 43.1. The normalized spacial score (nSPS) is 23.9. The number of benzene rings is 2. The van der Waals surface area contributed by atoms with Gasteiger partial charge in [0.2, 0.25) is 11.8 Å². The van der Waals surface area contributed by atoms with E-state index in [0.717, 1.165) is 113 Å². The number of carbonyl (C=O) groups is 2. The molecular weight excluding hydrogens is 749 g/mol. The lowest BCUT2D eigenvalue weighted by molar-refractivity contribution is -0.124. The molecule has 12 nitrogen and oxygen atoms in total. The number of hydrogen-bond donors (Lipinski definition) is 2. The van der Waals surface area contributed by atoms with Crippen molar-refractivity contribution >= 4 is 33.6 Å². The highest BCUT2D eigenvalue weighted by atomic mass is 16.2. The number of carbonyl (C=O) groups excluding carboxylic acids is 2. The second-order valence-electron chi connectivity index (χ2n) is 18.2. The summed E-state index contributed by atoms with van der Waals surface area (Å²) in [5.74, 6) is 1.99. The van der Waals surface area contributed by atoms with E-state index in [1.54, 1.807) is 12.4 Å². The fraction of sp³-hybridized carbons (Fsp3) is 0.542. The van der Waals surface area contributed by atoms with E-state index in [4.69, 9.17) is 0 Å². The third-order valence-corrected chi connectivity index (χ3v) is 13.1. The van der Waals surface area contributed by atoms with Crippen LogP contribution in [0, 0.1) is 34.5 Å². The maximum absolute atomic E-state index is 12.7. The average molecular weight is 811 g/mol. The van der Waals surface area contributed by atoms with Crippen LogP contribution in [-0.4, -0.2) is 133 Å². The van der Waals surface area contributed by atoms with Crippen molar-refractivity contribution in [3.8, 4) is 12.1 Å². The molecule has 12 heteroatoms. The number of rotatable bonds is 8. The summed E-state index contributed by atoms with van der Waals surface area (Å²) in [4.78, 5) is 43.5. The summed E-state index contributed by atoms with van der Waals surface area (Å²) >= 11 is 0. The Hall–Kier alpha value is -4.98. The number of nitrogens with zero attached hydrogens (tertiary/aromatic N) is 8. The second kappa shape index (κ2) is 20.1. The first-order chi connectivity index (χ1) is 29.1. The number of pyridine rings is 2. The molecule has 0 aliphatic carbocycles. The van der Waals surface area contributed by atoms with Gasteiger partial charge in [-0.1, -0.05) is 38.1 Å². The van der Waals surface area contributed by atoms with Gasteiger partial charge in [0.1, 0.15) is 12.1 Å². The first-order valence-electron chi connectivity index (χ1n) is 22.0.